The molecular weight excluding hydrogens is 246 g/mol. The minimum Gasteiger partial charge on any atom is -0.369 e. The molecule has 0 bridgehead atoms. The fraction of sp³-hybridized carbons (Fsp3) is 0.588. The van der Waals surface area contributed by atoms with Gasteiger partial charge in [0.15, 0.2) is 0 Å². The molecule has 1 aromatic carbocycles. The number of hydrogen-bond donors (Lipinski definition) is 1. The van der Waals surface area contributed by atoms with Crippen LogP contribution in [0.5, 0.6) is 0 Å². The van der Waals surface area contributed by atoms with E-state index >= 15 is 0 Å². The average molecular weight is 271 g/mol. The van der Waals surface area contributed by atoms with E-state index in [2.05, 4.69) is 41.6 Å². The van der Waals surface area contributed by atoms with E-state index in [1.54, 1.807) is 0 Å². The predicted octanol–water partition coefficient (Wildman–Crippen LogP) is 4.46. The highest BCUT2D eigenvalue weighted by Crippen LogP contribution is 2.38. The Labute approximate surface area is 121 Å². The second-order valence-electron chi connectivity index (χ2n) is 6.21. The number of benzene rings is 1. The summed E-state index contributed by atoms with van der Waals surface area (Å²) in [5.41, 5.74) is 9.75. The van der Waals surface area contributed by atoms with Crippen LogP contribution in [0.25, 0.3) is 11.0 Å². The van der Waals surface area contributed by atoms with Gasteiger partial charge in [-0.2, -0.15) is 0 Å². The van der Waals surface area contributed by atoms with Crippen molar-refractivity contribution in [2.75, 3.05) is 5.73 Å². The van der Waals surface area contributed by atoms with Crippen LogP contribution in [0, 0.1) is 12.8 Å². The molecule has 1 aliphatic rings. The molecule has 2 aromatic rings. The fourth-order valence-electron chi connectivity index (χ4n) is 3.82. The highest BCUT2D eigenvalue weighted by molar-refractivity contribution is 5.79. The van der Waals surface area contributed by atoms with Gasteiger partial charge in [0.05, 0.1) is 11.0 Å². The standard InChI is InChI=1S/C17H25N3/c1-3-15(13-7-5-4-6-8-13)20-16-11-12(2)9-10-14(16)19-17(20)18/h9-11,13,15H,3-8H2,1-2H3,(H2,18,19). The van der Waals surface area contributed by atoms with Gasteiger partial charge in [0.1, 0.15) is 0 Å². The molecule has 1 atom stereocenters. The number of fused-ring (bicyclic) bond motifs is 1. The van der Waals surface area contributed by atoms with Crippen molar-refractivity contribution in [1.29, 1.82) is 0 Å². The van der Waals surface area contributed by atoms with Crippen molar-refractivity contribution in [2.45, 2.75) is 58.4 Å². The molecular formula is C17H25N3. The lowest BCUT2D eigenvalue weighted by Crippen LogP contribution is -2.22. The lowest BCUT2D eigenvalue weighted by molar-refractivity contribution is 0.249. The van der Waals surface area contributed by atoms with Crippen LogP contribution < -0.4 is 5.73 Å². The largest absolute Gasteiger partial charge is 0.369 e. The molecule has 0 radical (unpaired) electrons. The number of nitrogen functional groups attached to an aromatic ring is 1. The predicted molar refractivity (Wildman–Crippen MR) is 84.8 cm³/mol. The van der Waals surface area contributed by atoms with Crippen LogP contribution in [-0.2, 0) is 0 Å². The monoisotopic (exact) mass is 271 g/mol. The molecule has 0 amide bonds. The Morgan fingerprint density at radius 3 is 2.75 bits per heavy atom. The molecule has 3 heteroatoms. The Morgan fingerprint density at radius 1 is 1.30 bits per heavy atom. The maximum absolute atomic E-state index is 6.24. The Morgan fingerprint density at radius 2 is 2.05 bits per heavy atom. The van der Waals surface area contributed by atoms with Gasteiger partial charge in [-0.15, -0.1) is 0 Å². The Kier molecular flexibility index (Phi) is 3.68. The zero-order valence-electron chi connectivity index (χ0n) is 12.6. The molecule has 108 valence electrons. The first-order valence-electron chi connectivity index (χ1n) is 7.94. The maximum atomic E-state index is 6.24. The molecule has 1 unspecified atom stereocenters. The molecule has 1 saturated carbocycles. The number of nitrogens with two attached hydrogens (primary N) is 1. The Balaban J connectivity index is 2.06. The van der Waals surface area contributed by atoms with Crippen molar-refractivity contribution in [3.05, 3.63) is 23.8 Å². The molecule has 0 saturated heterocycles. The summed E-state index contributed by atoms with van der Waals surface area (Å²) in [5, 5.41) is 0. The summed E-state index contributed by atoms with van der Waals surface area (Å²) in [7, 11) is 0. The Bertz CT molecular complexity index is 594. The van der Waals surface area contributed by atoms with Crippen LogP contribution >= 0.6 is 0 Å². The summed E-state index contributed by atoms with van der Waals surface area (Å²) in [6.07, 6.45) is 7.94. The SMILES string of the molecule is CCC(C1CCCCC1)n1c(N)nc2ccc(C)cc21. The van der Waals surface area contributed by atoms with Gasteiger partial charge in [-0.25, -0.2) is 4.98 Å². The maximum Gasteiger partial charge on any atom is 0.201 e. The van der Waals surface area contributed by atoms with Gasteiger partial charge in [-0.05, 0) is 49.8 Å². The second-order valence-corrected chi connectivity index (χ2v) is 6.21. The molecule has 1 heterocycles. The van der Waals surface area contributed by atoms with Crippen LogP contribution in [0.15, 0.2) is 18.2 Å². The summed E-state index contributed by atoms with van der Waals surface area (Å²) in [5.74, 6) is 1.44. The van der Waals surface area contributed by atoms with Crippen LogP contribution in [0.4, 0.5) is 5.95 Å². The number of aryl methyl sites for hydroxylation is 1. The lowest BCUT2D eigenvalue weighted by Gasteiger charge is -2.31. The topological polar surface area (TPSA) is 43.8 Å². The van der Waals surface area contributed by atoms with Gasteiger partial charge in [0, 0.05) is 6.04 Å². The van der Waals surface area contributed by atoms with E-state index in [1.807, 2.05) is 0 Å². The molecule has 2 N–H and O–H groups in total. The smallest absolute Gasteiger partial charge is 0.201 e. The van der Waals surface area contributed by atoms with E-state index in [1.165, 1.54) is 43.2 Å². The lowest BCUT2D eigenvalue weighted by atomic mass is 9.82. The number of aromatic nitrogens is 2. The van der Waals surface area contributed by atoms with Gasteiger partial charge in [-0.1, -0.05) is 32.3 Å². The third-order valence-corrected chi connectivity index (χ3v) is 4.82. The van der Waals surface area contributed by atoms with E-state index in [4.69, 9.17) is 5.73 Å². The van der Waals surface area contributed by atoms with Gasteiger partial charge in [-0.3, -0.25) is 0 Å². The zero-order valence-corrected chi connectivity index (χ0v) is 12.6. The van der Waals surface area contributed by atoms with E-state index in [9.17, 15) is 0 Å². The third-order valence-electron chi connectivity index (χ3n) is 4.82. The number of imidazole rings is 1. The summed E-state index contributed by atoms with van der Waals surface area (Å²) in [6.45, 7) is 4.41. The van der Waals surface area contributed by atoms with E-state index in [0.29, 0.717) is 12.0 Å². The molecule has 1 aliphatic carbocycles. The highest BCUT2D eigenvalue weighted by Gasteiger charge is 2.26. The number of nitrogens with zero attached hydrogens (tertiary/aromatic N) is 2. The summed E-state index contributed by atoms with van der Waals surface area (Å²) >= 11 is 0. The molecule has 20 heavy (non-hydrogen) atoms. The summed E-state index contributed by atoms with van der Waals surface area (Å²) < 4.78 is 2.30. The van der Waals surface area contributed by atoms with Gasteiger partial charge < -0.3 is 10.3 Å². The average Bonchev–Trinajstić information content (AvgIpc) is 2.77. The van der Waals surface area contributed by atoms with Crippen LogP contribution in [0.3, 0.4) is 0 Å². The first kappa shape index (κ1) is 13.5. The normalized spacial score (nSPS) is 18.5. The van der Waals surface area contributed by atoms with Crippen LogP contribution in [0.1, 0.15) is 57.1 Å². The number of anilines is 1. The van der Waals surface area contributed by atoms with Crippen molar-refractivity contribution >= 4 is 17.0 Å². The van der Waals surface area contributed by atoms with Crippen molar-refractivity contribution in [3.63, 3.8) is 0 Å². The fourth-order valence-corrected chi connectivity index (χ4v) is 3.82. The molecule has 0 aliphatic heterocycles. The quantitative estimate of drug-likeness (QED) is 0.895. The molecule has 1 fully saturated rings. The second kappa shape index (κ2) is 5.47. The zero-order chi connectivity index (χ0) is 14.1. The first-order valence-corrected chi connectivity index (χ1v) is 7.94. The number of hydrogen-bond acceptors (Lipinski definition) is 2. The van der Waals surface area contributed by atoms with Crippen molar-refractivity contribution in [1.82, 2.24) is 9.55 Å². The van der Waals surface area contributed by atoms with Crippen molar-refractivity contribution in [2.24, 2.45) is 5.92 Å². The minimum atomic E-state index is 0.502. The molecule has 3 nitrogen and oxygen atoms in total. The Hall–Kier alpha value is -1.51. The van der Waals surface area contributed by atoms with E-state index < -0.39 is 0 Å². The molecule has 1 aromatic heterocycles. The van der Waals surface area contributed by atoms with E-state index in [0.717, 1.165) is 17.9 Å². The summed E-state index contributed by atoms with van der Waals surface area (Å²) in [4.78, 5) is 4.56. The van der Waals surface area contributed by atoms with Crippen molar-refractivity contribution in [3.8, 4) is 0 Å². The first-order chi connectivity index (χ1) is 9.70. The summed E-state index contributed by atoms with van der Waals surface area (Å²) in [6, 6.07) is 6.93. The number of rotatable bonds is 3. The van der Waals surface area contributed by atoms with Gasteiger partial charge >= 0.3 is 0 Å². The molecule has 3 rings (SSSR count). The van der Waals surface area contributed by atoms with Gasteiger partial charge in [0.2, 0.25) is 5.95 Å². The highest BCUT2D eigenvalue weighted by atomic mass is 15.2. The van der Waals surface area contributed by atoms with Crippen molar-refractivity contribution < 1.29 is 0 Å². The van der Waals surface area contributed by atoms with E-state index in [-0.39, 0.29) is 0 Å². The molecule has 0 spiro atoms. The third kappa shape index (κ3) is 2.30. The van der Waals surface area contributed by atoms with Crippen LogP contribution in [0.2, 0.25) is 0 Å². The van der Waals surface area contributed by atoms with Gasteiger partial charge in [0.25, 0.3) is 0 Å². The minimum absolute atomic E-state index is 0.502. The van der Waals surface area contributed by atoms with Crippen LogP contribution in [-0.4, -0.2) is 9.55 Å².